The Bertz CT molecular complexity index is 491. The quantitative estimate of drug-likeness (QED) is 0.739. The molecule has 0 saturated heterocycles. The topological polar surface area (TPSA) is 75.3 Å². The van der Waals surface area contributed by atoms with Gasteiger partial charge in [0.05, 0.1) is 16.3 Å². The number of benzene rings is 1. The van der Waals surface area contributed by atoms with Crippen molar-refractivity contribution in [2.75, 3.05) is 17.6 Å². The summed E-state index contributed by atoms with van der Waals surface area (Å²) in [5.41, 5.74) is 6.60. The van der Waals surface area contributed by atoms with Crippen LogP contribution < -0.4 is 11.1 Å². The van der Waals surface area contributed by atoms with Gasteiger partial charge in [0, 0.05) is 12.2 Å². The van der Waals surface area contributed by atoms with Crippen LogP contribution in [0.5, 0.6) is 0 Å². The van der Waals surface area contributed by atoms with Crippen molar-refractivity contribution in [2.24, 2.45) is 11.8 Å². The summed E-state index contributed by atoms with van der Waals surface area (Å²) in [6, 6.07) is 3.02. The smallest absolute Gasteiger partial charge is 0.337 e. The van der Waals surface area contributed by atoms with E-state index < -0.39 is 5.97 Å². The van der Waals surface area contributed by atoms with Gasteiger partial charge in [-0.2, -0.15) is 0 Å². The maximum Gasteiger partial charge on any atom is 0.337 e. The number of carboxylic acids is 1. The van der Waals surface area contributed by atoms with E-state index in [1.807, 2.05) is 0 Å². The normalized spacial score (nSPS) is 22.4. The van der Waals surface area contributed by atoms with Crippen molar-refractivity contribution in [3.05, 3.63) is 22.7 Å². The highest BCUT2D eigenvalue weighted by Gasteiger charge is 2.22. The van der Waals surface area contributed by atoms with Gasteiger partial charge in [-0.15, -0.1) is 0 Å². The molecule has 1 aromatic carbocycles. The third-order valence-corrected chi connectivity index (χ3v) is 4.01. The Labute approximate surface area is 117 Å². The van der Waals surface area contributed by atoms with Gasteiger partial charge in [-0.05, 0) is 36.8 Å². The second-order valence-corrected chi connectivity index (χ2v) is 5.80. The summed E-state index contributed by atoms with van der Waals surface area (Å²) in [4.78, 5) is 11.2. The highest BCUT2D eigenvalue weighted by molar-refractivity contribution is 6.34. The van der Waals surface area contributed by atoms with Crippen LogP contribution in [-0.2, 0) is 0 Å². The molecule has 2 unspecified atom stereocenters. The first-order chi connectivity index (χ1) is 8.97. The van der Waals surface area contributed by atoms with E-state index in [2.05, 4.69) is 12.2 Å². The Balaban J connectivity index is 2.13. The van der Waals surface area contributed by atoms with Gasteiger partial charge in [-0.25, -0.2) is 4.79 Å². The van der Waals surface area contributed by atoms with Crippen molar-refractivity contribution in [2.45, 2.75) is 26.2 Å². The molecule has 1 saturated carbocycles. The number of carbonyl (C=O) groups is 1. The SMILES string of the molecule is CC1CCC(CNc2c(Cl)cc(N)cc2C(=O)O)C1. The summed E-state index contributed by atoms with van der Waals surface area (Å²) in [6.07, 6.45) is 3.61. The first kappa shape index (κ1) is 14.0. The van der Waals surface area contributed by atoms with Gasteiger partial charge < -0.3 is 16.2 Å². The minimum absolute atomic E-state index is 0.135. The molecule has 5 heteroatoms. The predicted octanol–water partition coefficient (Wildman–Crippen LogP) is 3.47. The van der Waals surface area contributed by atoms with E-state index in [4.69, 9.17) is 17.3 Å². The first-order valence-electron chi connectivity index (χ1n) is 6.53. The van der Waals surface area contributed by atoms with Gasteiger partial charge in [0.15, 0.2) is 0 Å². The molecule has 0 aromatic heterocycles. The fourth-order valence-corrected chi connectivity index (χ4v) is 3.03. The Morgan fingerprint density at radius 3 is 2.84 bits per heavy atom. The third kappa shape index (κ3) is 3.32. The van der Waals surface area contributed by atoms with Crippen LogP contribution >= 0.6 is 11.6 Å². The summed E-state index contributed by atoms with van der Waals surface area (Å²) in [5.74, 6) is 0.328. The predicted molar refractivity (Wildman–Crippen MR) is 77.8 cm³/mol. The standard InChI is InChI=1S/C14H19ClN2O2/c1-8-2-3-9(4-8)7-17-13-11(14(18)19)5-10(16)6-12(13)15/h5-6,8-9,17H,2-4,7,16H2,1H3,(H,18,19). The minimum Gasteiger partial charge on any atom is -0.478 e. The molecule has 2 atom stereocenters. The molecule has 1 aliphatic rings. The van der Waals surface area contributed by atoms with Crippen molar-refractivity contribution < 1.29 is 9.90 Å². The summed E-state index contributed by atoms with van der Waals surface area (Å²) in [5, 5.41) is 12.7. The molecule has 1 fully saturated rings. The molecule has 0 aliphatic heterocycles. The van der Waals surface area contributed by atoms with E-state index in [1.54, 1.807) is 6.07 Å². The van der Waals surface area contributed by atoms with Crippen LogP contribution in [0.2, 0.25) is 5.02 Å². The van der Waals surface area contributed by atoms with Gasteiger partial charge in [0.2, 0.25) is 0 Å². The van der Waals surface area contributed by atoms with E-state index in [9.17, 15) is 9.90 Å². The molecule has 104 valence electrons. The van der Waals surface area contributed by atoms with Crippen LogP contribution in [0, 0.1) is 11.8 Å². The van der Waals surface area contributed by atoms with Crippen LogP contribution in [0.1, 0.15) is 36.5 Å². The number of anilines is 2. The lowest BCUT2D eigenvalue weighted by atomic mass is 10.1. The van der Waals surface area contributed by atoms with E-state index in [-0.39, 0.29) is 5.56 Å². The maximum atomic E-state index is 11.2. The number of hydrogen-bond donors (Lipinski definition) is 3. The minimum atomic E-state index is -1.02. The van der Waals surface area contributed by atoms with Crippen molar-refractivity contribution in [3.8, 4) is 0 Å². The molecular weight excluding hydrogens is 264 g/mol. The lowest BCUT2D eigenvalue weighted by Crippen LogP contribution is -2.14. The molecule has 4 nitrogen and oxygen atoms in total. The monoisotopic (exact) mass is 282 g/mol. The van der Waals surface area contributed by atoms with E-state index >= 15 is 0 Å². The van der Waals surface area contributed by atoms with Gasteiger partial charge in [0.25, 0.3) is 0 Å². The highest BCUT2D eigenvalue weighted by atomic mass is 35.5. The Morgan fingerprint density at radius 1 is 1.53 bits per heavy atom. The highest BCUT2D eigenvalue weighted by Crippen LogP contribution is 2.33. The van der Waals surface area contributed by atoms with E-state index in [0.29, 0.717) is 22.3 Å². The number of carboxylic acid groups (broad SMARTS) is 1. The zero-order chi connectivity index (χ0) is 14.0. The number of halogens is 1. The number of nitrogen functional groups attached to an aromatic ring is 1. The van der Waals surface area contributed by atoms with Crippen molar-refractivity contribution in [1.29, 1.82) is 0 Å². The molecular formula is C14H19ClN2O2. The van der Waals surface area contributed by atoms with Crippen LogP contribution in [0.4, 0.5) is 11.4 Å². The van der Waals surface area contributed by atoms with Crippen LogP contribution in [0.15, 0.2) is 12.1 Å². The molecule has 0 spiro atoms. The number of hydrogen-bond acceptors (Lipinski definition) is 3. The molecule has 4 N–H and O–H groups in total. The van der Waals surface area contributed by atoms with E-state index in [1.165, 1.54) is 25.3 Å². The maximum absolute atomic E-state index is 11.2. The number of rotatable bonds is 4. The number of nitrogens with one attached hydrogen (secondary N) is 1. The fraction of sp³-hybridized carbons (Fsp3) is 0.500. The summed E-state index contributed by atoms with van der Waals surface area (Å²) in [6.45, 7) is 3.01. The third-order valence-electron chi connectivity index (χ3n) is 3.71. The molecule has 0 radical (unpaired) electrons. The van der Waals surface area contributed by atoms with Crippen molar-refractivity contribution in [3.63, 3.8) is 0 Å². The summed E-state index contributed by atoms with van der Waals surface area (Å²) in [7, 11) is 0. The zero-order valence-electron chi connectivity index (χ0n) is 10.9. The summed E-state index contributed by atoms with van der Waals surface area (Å²) >= 11 is 6.09. The summed E-state index contributed by atoms with van der Waals surface area (Å²) < 4.78 is 0. The van der Waals surface area contributed by atoms with E-state index in [0.717, 1.165) is 12.5 Å². The average molecular weight is 283 g/mol. The Kier molecular flexibility index (Phi) is 4.20. The number of nitrogens with two attached hydrogens (primary N) is 1. The average Bonchev–Trinajstić information content (AvgIpc) is 2.73. The molecule has 2 rings (SSSR count). The second kappa shape index (κ2) is 5.70. The van der Waals surface area contributed by atoms with Gasteiger partial charge >= 0.3 is 5.97 Å². The molecule has 0 amide bonds. The zero-order valence-corrected chi connectivity index (χ0v) is 11.7. The van der Waals surface area contributed by atoms with Crippen LogP contribution in [0.25, 0.3) is 0 Å². The van der Waals surface area contributed by atoms with Crippen molar-refractivity contribution >= 4 is 28.9 Å². The van der Waals surface area contributed by atoms with Gasteiger partial charge in [-0.3, -0.25) is 0 Å². The fourth-order valence-electron chi connectivity index (χ4n) is 2.73. The van der Waals surface area contributed by atoms with Gasteiger partial charge in [-0.1, -0.05) is 24.9 Å². The van der Waals surface area contributed by atoms with Crippen LogP contribution in [-0.4, -0.2) is 17.6 Å². The first-order valence-corrected chi connectivity index (χ1v) is 6.91. The largest absolute Gasteiger partial charge is 0.478 e. The molecule has 1 aliphatic carbocycles. The van der Waals surface area contributed by atoms with Gasteiger partial charge in [0.1, 0.15) is 0 Å². The molecule has 0 heterocycles. The lowest BCUT2D eigenvalue weighted by Gasteiger charge is -2.16. The molecule has 0 bridgehead atoms. The Hall–Kier alpha value is -1.42. The van der Waals surface area contributed by atoms with Crippen LogP contribution in [0.3, 0.4) is 0 Å². The Morgan fingerprint density at radius 2 is 2.26 bits per heavy atom. The second-order valence-electron chi connectivity index (χ2n) is 5.40. The number of aromatic carboxylic acids is 1. The van der Waals surface area contributed by atoms with Crippen molar-refractivity contribution in [1.82, 2.24) is 0 Å². The molecule has 1 aromatic rings. The lowest BCUT2D eigenvalue weighted by molar-refractivity contribution is 0.0698. The molecule has 19 heavy (non-hydrogen) atoms.